The third kappa shape index (κ3) is 4.23. The van der Waals surface area contributed by atoms with Crippen molar-refractivity contribution in [2.45, 2.75) is 32.6 Å². The van der Waals surface area contributed by atoms with Gasteiger partial charge in [-0.2, -0.15) is 0 Å². The lowest BCUT2D eigenvalue weighted by Gasteiger charge is -2.09. The van der Waals surface area contributed by atoms with Crippen molar-refractivity contribution >= 4 is 11.6 Å². The second-order valence-electron chi connectivity index (χ2n) is 3.93. The zero-order valence-corrected chi connectivity index (χ0v) is 10.3. The van der Waals surface area contributed by atoms with Gasteiger partial charge in [-0.05, 0) is 29.9 Å². The number of alkyl halides is 1. The lowest BCUT2D eigenvalue weighted by molar-refractivity contribution is 0.731. The van der Waals surface area contributed by atoms with E-state index >= 15 is 0 Å². The Hall–Kier alpha value is -0.530. The average Bonchev–Trinajstić information content (AvgIpc) is 2.29. The molecule has 1 aromatic carbocycles. The van der Waals surface area contributed by atoms with Crippen molar-refractivity contribution in [3.63, 3.8) is 0 Å². The lowest BCUT2D eigenvalue weighted by Crippen LogP contribution is -2.14. The van der Waals surface area contributed by atoms with Crippen LogP contribution in [0.2, 0.25) is 0 Å². The smallest absolute Gasteiger partial charge is 0.0713 e. The fourth-order valence-corrected chi connectivity index (χ4v) is 1.68. The predicted octanol–water partition coefficient (Wildman–Crippen LogP) is 3.53. The molecular formula is C13H20ClN. The molecule has 0 fully saturated rings. The van der Waals surface area contributed by atoms with Gasteiger partial charge in [0.15, 0.2) is 0 Å². The first-order valence-corrected chi connectivity index (χ1v) is 6.17. The molecule has 1 unspecified atom stereocenters. The number of hydrogen-bond donors (Lipinski definition) is 1. The highest BCUT2D eigenvalue weighted by Gasteiger charge is 2.01. The molecule has 0 radical (unpaired) electrons. The van der Waals surface area contributed by atoms with E-state index in [1.165, 1.54) is 17.5 Å². The maximum Gasteiger partial charge on any atom is 0.0713 e. The molecule has 0 aromatic heterocycles. The van der Waals surface area contributed by atoms with E-state index in [2.05, 4.69) is 43.4 Å². The Kier molecular flexibility index (Phi) is 5.74. The van der Waals surface area contributed by atoms with Crippen LogP contribution in [0.25, 0.3) is 0 Å². The molecule has 0 aliphatic rings. The van der Waals surface area contributed by atoms with E-state index in [-0.39, 0.29) is 0 Å². The molecule has 0 aliphatic heterocycles. The first-order valence-electron chi connectivity index (χ1n) is 5.63. The molecule has 0 heterocycles. The van der Waals surface area contributed by atoms with Crippen LogP contribution in [0.3, 0.4) is 0 Å². The van der Waals surface area contributed by atoms with Crippen LogP contribution in [0.1, 0.15) is 37.3 Å². The zero-order chi connectivity index (χ0) is 11.1. The summed E-state index contributed by atoms with van der Waals surface area (Å²) in [6, 6.07) is 9.45. The van der Waals surface area contributed by atoms with Gasteiger partial charge < -0.3 is 5.32 Å². The van der Waals surface area contributed by atoms with Crippen LogP contribution in [0.4, 0.5) is 0 Å². The first-order chi connectivity index (χ1) is 7.27. The summed E-state index contributed by atoms with van der Waals surface area (Å²) in [5, 5.41) is 3.11. The first kappa shape index (κ1) is 12.5. The van der Waals surface area contributed by atoms with Crippen molar-refractivity contribution in [2.24, 2.45) is 0 Å². The Labute approximate surface area is 97.8 Å². The molecule has 0 saturated carbocycles. The molecule has 15 heavy (non-hydrogen) atoms. The maximum atomic E-state index is 5.54. The van der Waals surface area contributed by atoms with Crippen molar-refractivity contribution in [3.05, 3.63) is 35.4 Å². The molecule has 0 saturated heterocycles. The molecule has 1 atom stereocenters. The number of rotatable bonds is 6. The summed E-state index contributed by atoms with van der Waals surface area (Å²) in [6.45, 7) is 5.44. The summed E-state index contributed by atoms with van der Waals surface area (Å²) in [6.07, 6.45) is 2.25. The molecule has 0 amide bonds. The second-order valence-corrected chi connectivity index (χ2v) is 4.20. The third-order valence-electron chi connectivity index (χ3n) is 2.85. The van der Waals surface area contributed by atoms with E-state index in [4.69, 9.17) is 11.6 Å². The SMILES string of the molecule is CCC(C)c1ccc(CCNCCl)cc1. The molecular weight excluding hydrogens is 206 g/mol. The highest BCUT2D eigenvalue weighted by molar-refractivity contribution is 6.17. The van der Waals surface area contributed by atoms with E-state index in [0.717, 1.165) is 13.0 Å². The molecule has 0 bridgehead atoms. The van der Waals surface area contributed by atoms with E-state index in [9.17, 15) is 0 Å². The van der Waals surface area contributed by atoms with Gasteiger partial charge in [0, 0.05) is 6.54 Å². The largest absolute Gasteiger partial charge is 0.304 e. The monoisotopic (exact) mass is 225 g/mol. The summed E-state index contributed by atoms with van der Waals surface area (Å²) >= 11 is 5.54. The molecule has 2 heteroatoms. The quantitative estimate of drug-likeness (QED) is 0.444. The van der Waals surface area contributed by atoms with Crippen LogP contribution >= 0.6 is 11.6 Å². The maximum absolute atomic E-state index is 5.54. The summed E-state index contributed by atoms with van der Waals surface area (Å²) < 4.78 is 0. The van der Waals surface area contributed by atoms with E-state index in [1.54, 1.807) is 0 Å². The predicted molar refractivity (Wildman–Crippen MR) is 67.6 cm³/mol. The van der Waals surface area contributed by atoms with Crippen molar-refractivity contribution in [1.29, 1.82) is 0 Å². The molecule has 0 spiro atoms. The highest BCUT2D eigenvalue weighted by atomic mass is 35.5. The minimum absolute atomic E-state index is 0.533. The Balaban J connectivity index is 2.49. The van der Waals surface area contributed by atoms with Crippen LogP contribution < -0.4 is 5.32 Å². The number of halogens is 1. The van der Waals surface area contributed by atoms with Crippen LogP contribution in [0, 0.1) is 0 Å². The summed E-state index contributed by atoms with van der Waals surface area (Å²) in [4.78, 5) is 0. The highest BCUT2D eigenvalue weighted by Crippen LogP contribution is 2.18. The van der Waals surface area contributed by atoms with E-state index in [0.29, 0.717) is 11.9 Å². The number of nitrogens with one attached hydrogen (secondary N) is 1. The van der Waals surface area contributed by atoms with Gasteiger partial charge >= 0.3 is 0 Å². The van der Waals surface area contributed by atoms with Crippen molar-refractivity contribution in [2.75, 3.05) is 12.5 Å². The van der Waals surface area contributed by atoms with Gasteiger partial charge in [-0.15, -0.1) is 11.6 Å². The van der Waals surface area contributed by atoms with Gasteiger partial charge in [0.25, 0.3) is 0 Å². The van der Waals surface area contributed by atoms with Crippen LogP contribution in [-0.4, -0.2) is 12.5 Å². The Bertz CT molecular complexity index is 268. The number of benzene rings is 1. The fourth-order valence-electron chi connectivity index (χ4n) is 1.55. The Morgan fingerprint density at radius 3 is 2.47 bits per heavy atom. The summed E-state index contributed by atoms with van der Waals surface area (Å²) in [5.74, 6) is 0.667. The van der Waals surface area contributed by atoms with Crippen molar-refractivity contribution in [3.8, 4) is 0 Å². The average molecular weight is 226 g/mol. The van der Waals surface area contributed by atoms with Crippen LogP contribution in [0.15, 0.2) is 24.3 Å². The standard InChI is InChI=1S/C13H20ClN/c1-3-11(2)13-6-4-12(5-7-13)8-9-15-10-14/h4-7,11,15H,3,8-10H2,1-2H3. The molecule has 1 rings (SSSR count). The van der Waals surface area contributed by atoms with Crippen molar-refractivity contribution in [1.82, 2.24) is 5.32 Å². The number of hydrogen-bond acceptors (Lipinski definition) is 1. The summed E-state index contributed by atoms with van der Waals surface area (Å²) in [7, 11) is 0. The third-order valence-corrected chi connectivity index (χ3v) is 3.04. The van der Waals surface area contributed by atoms with Gasteiger partial charge in [-0.25, -0.2) is 0 Å². The molecule has 1 aromatic rings. The normalized spacial score (nSPS) is 12.7. The molecule has 84 valence electrons. The molecule has 1 N–H and O–H groups in total. The van der Waals surface area contributed by atoms with Gasteiger partial charge in [0.2, 0.25) is 0 Å². The lowest BCUT2D eigenvalue weighted by atomic mass is 9.97. The van der Waals surface area contributed by atoms with Gasteiger partial charge in [0.1, 0.15) is 0 Å². The summed E-state index contributed by atoms with van der Waals surface area (Å²) in [5.41, 5.74) is 2.81. The second kappa shape index (κ2) is 6.86. The van der Waals surface area contributed by atoms with E-state index in [1.807, 2.05) is 0 Å². The van der Waals surface area contributed by atoms with E-state index < -0.39 is 0 Å². The van der Waals surface area contributed by atoms with Crippen LogP contribution in [0.5, 0.6) is 0 Å². The zero-order valence-electron chi connectivity index (χ0n) is 9.59. The van der Waals surface area contributed by atoms with Gasteiger partial charge in [-0.1, -0.05) is 38.1 Å². The van der Waals surface area contributed by atoms with Crippen molar-refractivity contribution < 1.29 is 0 Å². The Morgan fingerprint density at radius 1 is 1.27 bits per heavy atom. The minimum Gasteiger partial charge on any atom is -0.304 e. The topological polar surface area (TPSA) is 12.0 Å². The Morgan fingerprint density at radius 2 is 1.93 bits per heavy atom. The van der Waals surface area contributed by atoms with Gasteiger partial charge in [0.05, 0.1) is 6.00 Å². The fraction of sp³-hybridized carbons (Fsp3) is 0.538. The molecule has 1 nitrogen and oxygen atoms in total. The van der Waals surface area contributed by atoms with Gasteiger partial charge in [-0.3, -0.25) is 0 Å². The minimum atomic E-state index is 0.533. The molecule has 0 aliphatic carbocycles. The van der Waals surface area contributed by atoms with Crippen LogP contribution in [-0.2, 0) is 6.42 Å².